The molecule has 1 unspecified atom stereocenters. The van der Waals surface area contributed by atoms with E-state index >= 15 is 0 Å². The number of piperidine rings is 3. The second-order valence-corrected chi connectivity index (χ2v) is 7.07. The Balaban J connectivity index is 1.69. The normalized spacial score (nSPS) is 37.7. The van der Waals surface area contributed by atoms with Crippen LogP contribution in [0.5, 0.6) is 0 Å². The van der Waals surface area contributed by atoms with Crippen molar-refractivity contribution in [2.24, 2.45) is 11.8 Å². The highest BCUT2D eigenvalue weighted by atomic mass is 16.3. The standard InChI is InChI=1S/C19H22N2O/c1-2-11-9-21-17-8-14-12-5-3-4-6-16(12)20-19(14)18(21)7-13(11)15(17)10-22/h2-6,13,15,17-18,20,22H,7-10H2,1H3/b11-2+/t13-,15-,17-,18-/m1/s1. The van der Waals surface area contributed by atoms with Crippen molar-refractivity contribution < 1.29 is 5.11 Å². The number of nitrogens with one attached hydrogen (secondary N) is 1. The predicted octanol–water partition coefficient (Wildman–Crippen LogP) is 3.02. The molecule has 0 saturated carbocycles. The lowest BCUT2D eigenvalue weighted by Crippen LogP contribution is -2.60. The molecule has 0 spiro atoms. The Morgan fingerprint density at radius 1 is 1.36 bits per heavy atom. The summed E-state index contributed by atoms with van der Waals surface area (Å²) in [6.45, 7) is 3.55. The third-order valence-electron chi connectivity index (χ3n) is 6.33. The number of H-pyrrole nitrogens is 1. The van der Waals surface area contributed by atoms with E-state index in [1.807, 2.05) is 0 Å². The van der Waals surface area contributed by atoms with E-state index in [2.05, 4.69) is 47.1 Å². The Morgan fingerprint density at radius 3 is 3.05 bits per heavy atom. The maximum atomic E-state index is 9.99. The molecular weight excluding hydrogens is 272 g/mol. The molecule has 5 atom stereocenters. The van der Waals surface area contributed by atoms with Crippen LogP contribution in [0.25, 0.3) is 10.9 Å². The molecule has 2 aromatic rings. The van der Waals surface area contributed by atoms with Gasteiger partial charge in [0.1, 0.15) is 0 Å². The number of aliphatic hydroxyl groups excluding tert-OH is 1. The minimum atomic E-state index is 0.313. The average molecular weight is 294 g/mol. The number of aliphatic hydroxyl groups is 1. The zero-order chi connectivity index (χ0) is 14.8. The second kappa shape index (κ2) is 4.46. The number of para-hydroxylation sites is 1. The Bertz CT molecular complexity index is 775. The van der Waals surface area contributed by atoms with Gasteiger partial charge in [-0.3, -0.25) is 4.90 Å². The van der Waals surface area contributed by atoms with Gasteiger partial charge in [-0.2, -0.15) is 0 Å². The summed E-state index contributed by atoms with van der Waals surface area (Å²) in [6, 6.07) is 9.68. The first kappa shape index (κ1) is 12.9. The number of rotatable bonds is 1. The molecule has 3 fully saturated rings. The van der Waals surface area contributed by atoms with Crippen molar-refractivity contribution in [1.82, 2.24) is 9.88 Å². The van der Waals surface area contributed by atoms with E-state index in [0.717, 1.165) is 19.4 Å². The summed E-state index contributed by atoms with van der Waals surface area (Å²) in [7, 11) is 0. The topological polar surface area (TPSA) is 39.3 Å². The predicted molar refractivity (Wildman–Crippen MR) is 87.7 cm³/mol. The SMILES string of the molecule is C/C=C1\CN2[C@@H]3C[C@H]1[C@@H](CO)[C@H]2Cc1c3[nH]c2ccccc12. The van der Waals surface area contributed by atoms with Crippen LogP contribution in [0.1, 0.15) is 30.6 Å². The molecule has 1 aromatic heterocycles. The minimum Gasteiger partial charge on any atom is -0.396 e. The number of aromatic amines is 1. The van der Waals surface area contributed by atoms with Gasteiger partial charge in [0.2, 0.25) is 0 Å². The molecule has 1 aromatic carbocycles. The molecule has 3 nitrogen and oxygen atoms in total. The molecule has 4 aliphatic rings. The van der Waals surface area contributed by atoms with Crippen molar-refractivity contribution in [3.8, 4) is 0 Å². The van der Waals surface area contributed by atoms with Crippen molar-refractivity contribution in [1.29, 1.82) is 0 Å². The van der Waals surface area contributed by atoms with Gasteiger partial charge in [0.15, 0.2) is 0 Å². The Kier molecular flexibility index (Phi) is 2.62. The lowest BCUT2D eigenvalue weighted by atomic mass is 9.64. The highest BCUT2D eigenvalue weighted by Gasteiger charge is 2.52. The van der Waals surface area contributed by atoms with E-state index < -0.39 is 0 Å². The minimum absolute atomic E-state index is 0.313. The monoisotopic (exact) mass is 294 g/mol. The summed E-state index contributed by atoms with van der Waals surface area (Å²) < 4.78 is 0. The van der Waals surface area contributed by atoms with Gasteiger partial charge in [-0.25, -0.2) is 0 Å². The number of benzene rings is 1. The van der Waals surface area contributed by atoms with Crippen molar-refractivity contribution in [3.63, 3.8) is 0 Å². The van der Waals surface area contributed by atoms with Crippen LogP contribution in [-0.4, -0.2) is 34.2 Å². The summed E-state index contributed by atoms with van der Waals surface area (Å²) in [4.78, 5) is 6.35. The van der Waals surface area contributed by atoms with Gasteiger partial charge < -0.3 is 10.1 Å². The Morgan fingerprint density at radius 2 is 2.23 bits per heavy atom. The van der Waals surface area contributed by atoms with Crippen LogP contribution >= 0.6 is 0 Å². The quantitative estimate of drug-likeness (QED) is 0.794. The highest BCUT2D eigenvalue weighted by Crippen LogP contribution is 2.53. The van der Waals surface area contributed by atoms with E-state index in [1.165, 1.54) is 27.7 Å². The van der Waals surface area contributed by atoms with Gasteiger partial charge in [-0.1, -0.05) is 29.8 Å². The molecule has 0 radical (unpaired) electrons. The highest BCUT2D eigenvalue weighted by molar-refractivity contribution is 5.85. The first-order valence-electron chi connectivity index (χ1n) is 8.43. The fourth-order valence-corrected chi connectivity index (χ4v) is 5.32. The van der Waals surface area contributed by atoms with E-state index in [0.29, 0.717) is 30.5 Å². The first-order valence-corrected chi connectivity index (χ1v) is 8.43. The molecule has 22 heavy (non-hydrogen) atoms. The van der Waals surface area contributed by atoms with Crippen molar-refractivity contribution >= 4 is 10.9 Å². The first-order chi connectivity index (χ1) is 10.8. The molecule has 3 heteroatoms. The third kappa shape index (κ3) is 1.48. The molecule has 4 bridgehead atoms. The molecule has 6 rings (SSSR count). The molecule has 0 aliphatic carbocycles. The van der Waals surface area contributed by atoms with E-state index in [1.54, 1.807) is 0 Å². The van der Waals surface area contributed by atoms with Crippen molar-refractivity contribution in [3.05, 3.63) is 47.2 Å². The lowest BCUT2D eigenvalue weighted by molar-refractivity contribution is -0.0503. The van der Waals surface area contributed by atoms with E-state index in [4.69, 9.17) is 0 Å². The molecular formula is C19H22N2O. The number of nitrogens with zero attached hydrogens (tertiary/aromatic N) is 1. The number of hydrogen-bond donors (Lipinski definition) is 2. The summed E-state index contributed by atoms with van der Waals surface area (Å²) >= 11 is 0. The molecule has 0 amide bonds. The Hall–Kier alpha value is -1.58. The molecule has 114 valence electrons. The van der Waals surface area contributed by atoms with Gasteiger partial charge in [0.25, 0.3) is 0 Å². The average Bonchev–Trinajstić information content (AvgIpc) is 2.93. The molecule has 4 aliphatic heterocycles. The van der Waals surface area contributed by atoms with Crippen molar-refractivity contribution in [2.75, 3.05) is 13.2 Å². The van der Waals surface area contributed by atoms with Crippen LogP contribution in [0.3, 0.4) is 0 Å². The number of allylic oxidation sites excluding steroid dienone is 1. The summed E-state index contributed by atoms with van der Waals surface area (Å²) in [5.41, 5.74) is 5.74. The number of aromatic nitrogens is 1. The van der Waals surface area contributed by atoms with E-state index in [-0.39, 0.29) is 0 Å². The van der Waals surface area contributed by atoms with Gasteiger partial charge in [0, 0.05) is 41.7 Å². The van der Waals surface area contributed by atoms with Gasteiger partial charge in [-0.05, 0) is 37.3 Å². The van der Waals surface area contributed by atoms with Crippen molar-refractivity contribution in [2.45, 2.75) is 31.8 Å². The lowest BCUT2D eigenvalue weighted by Gasteiger charge is -2.58. The summed E-state index contributed by atoms with van der Waals surface area (Å²) in [5.74, 6) is 0.965. The smallest absolute Gasteiger partial charge is 0.0514 e. The maximum Gasteiger partial charge on any atom is 0.0514 e. The fourth-order valence-electron chi connectivity index (χ4n) is 5.32. The molecule has 5 heterocycles. The van der Waals surface area contributed by atoms with Crippen LogP contribution in [0.15, 0.2) is 35.9 Å². The summed E-state index contributed by atoms with van der Waals surface area (Å²) in [5, 5.41) is 11.4. The molecule has 3 saturated heterocycles. The molecule has 2 N–H and O–H groups in total. The number of fused-ring (bicyclic) bond motifs is 4. The third-order valence-corrected chi connectivity index (χ3v) is 6.33. The largest absolute Gasteiger partial charge is 0.396 e. The maximum absolute atomic E-state index is 9.99. The van der Waals surface area contributed by atoms with Crippen LogP contribution in [-0.2, 0) is 6.42 Å². The zero-order valence-electron chi connectivity index (χ0n) is 12.9. The van der Waals surface area contributed by atoms with Crippen LogP contribution in [0, 0.1) is 11.8 Å². The zero-order valence-corrected chi connectivity index (χ0v) is 12.9. The number of hydrogen-bond acceptors (Lipinski definition) is 2. The summed E-state index contributed by atoms with van der Waals surface area (Å²) in [6.07, 6.45) is 4.51. The van der Waals surface area contributed by atoms with Crippen LogP contribution in [0.2, 0.25) is 0 Å². The van der Waals surface area contributed by atoms with Gasteiger partial charge in [-0.15, -0.1) is 0 Å². The van der Waals surface area contributed by atoms with Gasteiger partial charge in [0.05, 0.1) is 6.04 Å². The Labute approximate surface area is 130 Å². The fraction of sp³-hybridized carbons (Fsp3) is 0.474. The van der Waals surface area contributed by atoms with Crippen LogP contribution < -0.4 is 0 Å². The van der Waals surface area contributed by atoms with Crippen LogP contribution in [0.4, 0.5) is 0 Å². The van der Waals surface area contributed by atoms with E-state index in [9.17, 15) is 5.11 Å². The van der Waals surface area contributed by atoms with Gasteiger partial charge >= 0.3 is 0 Å². The second-order valence-electron chi connectivity index (χ2n) is 7.07.